The molecule has 1 atom stereocenters. The lowest BCUT2D eigenvalue weighted by molar-refractivity contribution is -0.127. The summed E-state index contributed by atoms with van der Waals surface area (Å²) in [5.41, 5.74) is 2.05. The first kappa shape index (κ1) is 20.3. The summed E-state index contributed by atoms with van der Waals surface area (Å²) in [5.74, 6) is 2.90. The average Bonchev–Trinajstić information content (AvgIpc) is 3.33. The molecule has 1 aromatic heterocycles. The number of ether oxygens (including phenoxy) is 2. The monoisotopic (exact) mass is 407 g/mol. The van der Waals surface area contributed by atoms with Gasteiger partial charge in [0.1, 0.15) is 23.9 Å². The molecule has 0 aliphatic carbocycles. The molecule has 0 saturated carbocycles. The molecule has 0 N–H and O–H groups in total. The minimum absolute atomic E-state index is 0.124. The molecule has 0 unspecified atom stereocenters. The quantitative estimate of drug-likeness (QED) is 0.532. The molecule has 1 aliphatic rings. The van der Waals surface area contributed by atoms with Crippen molar-refractivity contribution in [2.45, 2.75) is 38.6 Å². The molecule has 30 heavy (non-hydrogen) atoms. The Morgan fingerprint density at radius 2 is 1.93 bits per heavy atom. The van der Waals surface area contributed by atoms with Gasteiger partial charge in [-0.3, -0.25) is 4.79 Å². The van der Waals surface area contributed by atoms with Gasteiger partial charge in [-0.2, -0.15) is 0 Å². The van der Waals surface area contributed by atoms with Crippen molar-refractivity contribution in [2.75, 3.05) is 26.8 Å². The molecule has 3 aromatic rings. The van der Waals surface area contributed by atoms with E-state index in [1.165, 1.54) is 0 Å². The van der Waals surface area contributed by atoms with Crippen molar-refractivity contribution in [3.63, 3.8) is 0 Å². The molecule has 2 heterocycles. The van der Waals surface area contributed by atoms with Gasteiger partial charge in [0.25, 0.3) is 0 Å². The van der Waals surface area contributed by atoms with Crippen LogP contribution in [0.25, 0.3) is 11.0 Å². The van der Waals surface area contributed by atoms with Gasteiger partial charge >= 0.3 is 0 Å². The molecule has 1 saturated heterocycles. The second-order valence-corrected chi connectivity index (χ2v) is 7.73. The third-order valence-electron chi connectivity index (χ3n) is 5.67. The van der Waals surface area contributed by atoms with E-state index in [9.17, 15) is 4.79 Å². The Kier molecular flexibility index (Phi) is 6.21. The Morgan fingerprint density at radius 3 is 2.77 bits per heavy atom. The molecule has 6 nitrogen and oxygen atoms in total. The van der Waals surface area contributed by atoms with E-state index in [-0.39, 0.29) is 11.8 Å². The summed E-state index contributed by atoms with van der Waals surface area (Å²) in [7, 11) is 1.65. The molecule has 1 fully saturated rings. The first-order valence-electron chi connectivity index (χ1n) is 10.7. The largest absolute Gasteiger partial charge is 0.497 e. The molecule has 1 aliphatic heterocycles. The molecule has 0 bridgehead atoms. The van der Waals surface area contributed by atoms with Gasteiger partial charge in [-0.25, -0.2) is 4.98 Å². The molecule has 2 aromatic carbocycles. The van der Waals surface area contributed by atoms with Crippen molar-refractivity contribution in [1.29, 1.82) is 0 Å². The van der Waals surface area contributed by atoms with E-state index >= 15 is 0 Å². The fourth-order valence-electron chi connectivity index (χ4n) is 4.10. The first-order valence-corrected chi connectivity index (χ1v) is 10.7. The Labute approximate surface area is 177 Å². The van der Waals surface area contributed by atoms with Crippen LogP contribution < -0.4 is 9.47 Å². The number of imidazole rings is 1. The molecule has 0 radical (unpaired) electrons. The van der Waals surface area contributed by atoms with Crippen molar-refractivity contribution in [3.8, 4) is 11.5 Å². The molecule has 158 valence electrons. The highest BCUT2D eigenvalue weighted by Gasteiger charge is 2.33. The minimum Gasteiger partial charge on any atom is -0.497 e. The lowest BCUT2D eigenvalue weighted by Crippen LogP contribution is -2.26. The lowest BCUT2D eigenvalue weighted by Gasteiger charge is -2.17. The smallest absolute Gasteiger partial charge is 0.223 e. The molecule has 6 heteroatoms. The number of carbonyl (C=O) groups is 1. The van der Waals surface area contributed by atoms with Crippen molar-refractivity contribution in [1.82, 2.24) is 14.5 Å². The second-order valence-electron chi connectivity index (χ2n) is 7.73. The maximum Gasteiger partial charge on any atom is 0.223 e. The number of likely N-dealkylation sites (tertiary alicyclic amines) is 1. The summed E-state index contributed by atoms with van der Waals surface area (Å²) >= 11 is 0. The highest BCUT2D eigenvalue weighted by atomic mass is 16.5. The summed E-state index contributed by atoms with van der Waals surface area (Å²) in [4.78, 5) is 19.4. The van der Waals surface area contributed by atoms with Gasteiger partial charge in [0, 0.05) is 31.5 Å². The van der Waals surface area contributed by atoms with Crippen LogP contribution in [-0.2, 0) is 11.3 Å². The fraction of sp³-hybridized carbons (Fsp3) is 0.417. The zero-order valence-corrected chi connectivity index (χ0v) is 17.7. The Bertz CT molecular complexity index is 1010. The molecule has 0 spiro atoms. The predicted octanol–water partition coefficient (Wildman–Crippen LogP) is 4.24. The van der Waals surface area contributed by atoms with Gasteiger partial charge in [0.2, 0.25) is 5.91 Å². The third kappa shape index (κ3) is 4.27. The molecular formula is C24H29N3O3. The van der Waals surface area contributed by atoms with Crippen molar-refractivity contribution < 1.29 is 14.3 Å². The van der Waals surface area contributed by atoms with E-state index in [2.05, 4.69) is 17.6 Å². The number of nitrogens with zero attached hydrogens (tertiary/aromatic N) is 3. The highest BCUT2D eigenvalue weighted by Crippen LogP contribution is 2.30. The second kappa shape index (κ2) is 9.20. The molecule has 1 amide bonds. The minimum atomic E-state index is 0.124. The fourth-order valence-corrected chi connectivity index (χ4v) is 4.10. The number of para-hydroxylation sites is 2. The normalized spacial score (nSPS) is 16.4. The van der Waals surface area contributed by atoms with Crippen molar-refractivity contribution >= 4 is 16.9 Å². The van der Waals surface area contributed by atoms with E-state index in [1.807, 2.05) is 47.4 Å². The zero-order valence-electron chi connectivity index (χ0n) is 17.7. The first-order chi connectivity index (χ1) is 14.7. The standard InChI is InChI=1S/C24H29N3O3/c1-3-4-12-26-17-18(15-23(26)28)24-25-21-10-5-6-11-22(21)27(24)13-14-30-20-9-7-8-19(16-20)29-2/h5-11,16,18H,3-4,12-15,17H2,1-2H3/t18-/m0/s1. The van der Waals surface area contributed by atoms with Gasteiger partial charge in [0.15, 0.2) is 0 Å². The number of carbonyl (C=O) groups excluding carboxylic acids is 1. The summed E-state index contributed by atoms with van der Waals surface area (Å²) in [6.07, 6.45) is 2.67. The van der Waals surface area contributed by atoms with Crippen molar-refractivity contribution in [2.24, 2.45) is 0 Å². The maximum absolute atomic E-state index is 12.5. The number of benzene rings is 2. The number of hydrogen-bond acceptors (Lipinski definition) is 4. The lowest BCUT2D eigenvalue weighted by atomic mass is 10.1. The van der Waals surface area contributed by atoms with Crippen LogP contribution in [0.5, 0.6) is 11.5 Å². The van der Waals surface area contributed by atoms with Crippen LogP contribution in [0.1, 0.15) is 37.9 Å². The number of hydrogen-bond donors (Lipinski definition) is 0. The van der Waals surface area contributed by atoms with Gasteiger partial charge < -0.3 is 18.9 Å². The number of rotatable bonds is 9. The van der Waals surface area contributed by atoms with Crippen LogP contribution in [0.2, 0.25) is 0 Å². The van der Waals surface area contributed by atoms with Gasteiger partial charge in [-0.05, 0) is 30.7 Å². The highest BCUT2D eigenvalue weighted by molar-refractivity contribution is 5.80. The van der Waals surface area contributed by atoms with E-state index < -0.39 is 0 Å². The summed E-state index contributed by atoms with van der Waals surface area (Å²) in [6.45, 7) is 4.93. The van der Waals surface area contributed by atoms with Gasteiger partial charge in [-0.15, -0.1) is 0 Å². The topological polar surface area (TPSA) is 56.6 Å². The SMILES string of the molecule is CCCCN1C[C@@H](c2nc3ccccc3n2CCOc2cccc(OC)c2)CC1=O. The maximum atomic E-state index is 12.5. The van der Waals surface area contributed by atoms with E-state index in [0.717, 1.165) is 54.3 Å². The summed E-state index contributed by atoms with van der Waals surface area (Å²) in [6, 6.07) is 15.8. The van der Waals surface area contributed by atoms with Crippen LogP contribution >= 0.6 is 0 Å². The van der Waals surface area contributed by atoms with Crippen LogP contribution in [0.3, 0.4) is 0 Å². The zero-order chi connectivity index (χ0) is 20.9. The van der Waals surface area contributed by atoms with Crippen LogP contribution in [0, 0.1) is 0 Å². The van der Waals surface area contributed by atoms with Crippen LogP contribution in [0.15, 0.2) is 48.5 Å². The average molecular weight is 408 g/mol. The molecular weight excluding hydrogens is 378 g/mol. The van der Waals surface area contributed by atoms with E-state index in [1.54, 1.807) is 7.11 Å². The van der Waals surface area contributed by atoms with Crippen LogP contribution in [0.4, 0.5) is 0 Å². The third-order valence-corrected chi connectivity index (χ3v) is 5.67. The van der Waals surface area contributed by atoms with E-state index in [0.29, 0.717) is 19.6 Å². The number of fused-ring (bicyclic) bond motifs is 1. The van der Waals surface area contributed by atoms with Crippen LogP contribution in [-0.4, -0.2) is 47.2 Å². The Balaban J connectivity index is 1.53. The number of methoxy groups -OCH3 is 1. The Morgan fingerprint density at radius 1 is 1.10 bits per heavy atom. The number of aromatic nitrogens is 2. The van der Waals surface area contributed by atoms with Crippen molar-refractivity contribution in [3.05, 3.63) is 54.4 Å². The number of amides is 1. The summed E-state index contributed by atoms with van der Waals surface area (Å²) < 4.78 is 13.5. The molecule has 4 rings (SSSR count). The van der Waals surface area contributed by atoms with E-state index in [4.69, 9.17) is 14.5 Å². The number of unbranched alkanes of at least 4 members (excludes halogenated alkanes) is 1. The predicted molar refractivity (Wildman–Crippen MR) is 117 cm³/mol. The van der Waals surface area contributed by atoms with Gasteiger partial charge in [0.05, 0.1) is 24.7 Å². The summed E-state index contributed by atoms with van der Waals surface area (Å²) in [5, 5.41) is 0. The Hall–Kier alpha value is -3.02. The van der Waals surface area contributed by atoms with Gasteiger partial charge in [-0.1, -0.05) is 31.5 Å².